The van der Waals surface area contributed by atoms with Gasteiger partial charge in [0, 0.05) is 13.0 Å². The molecule has 7 heteroatoms. The van der Waals surface area contributed by atoms with Gasteiger partial charge in [0.25, 0.3) is 11.7 Å². The largest absolute Gasteiger partial charge is 0.481 e. The molecule has 1 aromatic carbocycles. The third kappa shape index (κ3) is 2.51. The van der Waals surface area contributed by atoms with Gasteiger partial charge in [-0.3, -0.25) is 14.4 Å². The van der Waals surface area contributed by atoms with Crippen molar-refractivity contribution in [2.24, 2.45) is 0 Å². The minimum Gasteiger partial charge on any atom is -0.481 e. The topological polar surface area (TPSA) is 74.7 Å². The molecule has 100 valence electrons. The molecule has 19 heavy (non-hydrogen) atoms. The predicted molar refractivity (Wildman–Crippen MR) is 67.7 cm³/mol. The first kappa shape index (κ1) is 13.7. The molecule has 1 aliphatic heterocycles. The summed E-state index contributed by atoms with van der Waals surface area (Å²) in [6, 6.07) is 2.37. The molecule has 0 radical (unpaired) electrons. The molecule has 0 unspecified atom stereocenters. The zero-order valence-corrected chi connectivity index (χ0v) is 11.2. The lowest BCUT2D eigenvalue weighted by Crippen LogP contribution is -2.30. The second kappa shape index (κ2) is 5.08. The highest BCUT2D eigenvalue weighted by molar-refractivity contribution is 9.10. The van der Waals surface area contributed by atoms with E-state index in [9.17, 15) is 18.8 Å². The average Bonchev–Trinajstić information content (AvgIpc) is 2.55. The van der Waals surface area contributed by atoms with E-state index in [4.69, 9.17) is 5.11 Å². The molecular formula is C12H9BrFNO4. The van der Waals surface area contributed by atoms with Gasteiger partial charge in [-0.1, -0.05) is 0 Å². The van der Waals surface area contributed by atoms with Crippen molar-refractivity contribution < 1.29 is 23.9 Å². The van der Waals surface area contributed by atoms with Crippen molar-refractivity contribution in [3.8, 4) is 0 Å². The normalized spacial score (nSPS) is 13.9. The van der Waals surface area contributed by atoms with E-state index in [1.54, 1.807) is 0 Å². The number of carbonyl (C=O) groups is 3. The maximum absolute atomic E-state index is 13.5. The summed E-state index contributed by atoms with van der Waals surface area (Å²) in [6.45, 7) is 0.0744. The van der Waals surface area contributed by atoms with E-state index in [-0.39, 0.29) is 35.1 Å². The van der Waals surface area contributed by atoms with E-state index in [0.717, 1.165) is 11.0 Å². The number of anilines is 1. The Bertz CT molecular complexity index is 587. The lowest BCUT2D eigenvalue weighted by atomic mass is 10.1. The molecule has 0 aromatic heterocycles. The fourth-order valence-electron chi connectivity index (χ4n) is 1.90. The van der Waals surface area contributed by atoms with Gasteiger partial charge in [0.05, 0.1) is 15.7 Å². The van der Waals surface area contributed by atoms with Crippen molar-refractivity contribution in [2.45, 2.75) is 12.8 Å². The van der Waals surface area contributed by atoms with Gasteiger partial charge in [-0.2, -0.15) is 0 Å². The zero-order valence-electron chi connectivity index (χ0n) is 9.65. The molecule has 0 atom stereocenters. The first-order valence-electron chi connectivity index (χ1n) is 5.49. The number of amides is 1. The second-order valence-corrected chi connectivity index (χ2v) is 4.92. The number of hydrogen-bond acceptors (Lipinski definition) is 3. The molecule has 1 aromatic rings. The lowest BCUT2D eigenvalue weighted by Gasteiger charge is -2.15. The number of aliphatic carboxylic acids is 1. The van der Waals surface area contributed by atoms with Gasteiger partial charge >= 0.3 is 5.97 Å². The van der Waals surface area contributed by atoms with Crippen LogP contribution < -0.4 is 4.90 Å². The SMILES string of the molecule is O=C(O)CCCN1C(=O)C(=O)c2cc(Br)c(F)cc21. The molecule has 0 bridgehead atoms. The number of rotatable bonds is 4. The molecular weight excluding hydrogens is 321 g/mol. The van der Waals surface area contributed by atoms with Gasteiger partial charge in [-0.25, -0.2) is 4.39 Å². The van der Waals surface area contributed by atoms with E-state index >= 15 is 0 Å². The quantitative estimate of drug-likeness (QED) is 0.857. The number of carboxylic acid groups (broad SMARTS) is 1. The number of carboxylic acids is 1. The maximum Gasteiger partial charge on any atom is 0.303 e. The van der Waals surface area contributed by atoms with Crippen LogP contribution in [0.1, 0.15) is 23.2 Å². The Morgan fingerprint density at radius 2 is 2.05 bits per heavy atom. The Kier molecular flexibility index (Phi) is 3.66. The summed E-state index contributed by atoms with van der Waals surface area (Å²) in [7, 11) is 0. The van der Waals surface area contributed by atoms with Crippen LogP contribution in [0.15, 0.2) is 16.6 Å². The summed E-state index contributed by atoms with van der Waals surface area (Å²) in [5.74, 6) is -3.02. The number of benzene rings is 1. The number of halogens is 2. The van der Waals surface area contributed by atoms with Crippen LogP contribution in [-0.4, -0.2) is 29.3 Å². The summed E-state index contributed by atoms with van der Waals surface area (Å²) in [4.78, 5) is 35.0. The first-order chi connectivity index (χ1) is 8.91. The van der Waals surface area contributed by atoms with Crippen LogP contribution in [0, 0.1) is 5.82 Å². The zero-order chi connectivity index (χ0) is 14.2. The van der Waals surface area contributed by atoms with Crippen molar-refractivity contribution in [1.82, 2.24) is 0 Å². The van der Waals surface area contributed by atoms with E-state index in [1.165, 1.54) is 6.07 Å². The highest BCUT2D eigenvalue weighted by atomic mass is 79.9. The molecule has 0 saturated heterocycles. The molecule has 0 fully saturated rings. The van der Waals surface area contributed by atoms with Gasteiger partial charge in [0.2, 0.25) is 0 Å². The molecule has 1 N–H and O–H groups in total. The van der Waals surface area contributed by atoms with E-state index in [1.807, 2.05) is 0 Å². The fourth-order valence-corrected chi connectivity index (χ4v) is 2.24. The Balaban J connectivity index is 2.28. The van der Waals surface area contributed by atoms with Crippen molar-refractivity contribution in [2.75, 3.05) is 11.4 Å². The molecule has 0 aliphatic carbocycles. The molecule has 1 heterocycles. The third-order valence-corrected chi connectivity index (χ3v) is 3.39. The maximum atomic E-state index is 13.5. The molecule has 0 saturated carbocycles. The molecule has 2 rings (SSSR count). The van der Waals surface area contributed by atoms with Gasteiger partial charge in [-0.05, 0) is 34.5 Å². The summed E-state index contributed by atoms with van der Waals surface area (Å²) >= 11 is 2.95. The highest BCUT2D eigenvalue weighted by Crippen LogP contribution is 2.33. The average molecular weight is 330 g/mol. The van der Waals surface area contributed by atoms with Crippen LogP contribution in [0.4, 0.5) is 10.1 Å². The van der Waals surface area contributed by atoms with Gasteiger partial charge in [-0.15, -0.1) is 0 Å². The predicted octanol–water partition coefficient (Wildman–Crippen LogP) is 1.98. The minimum atomic E-state index is -0.986. The minimum absolute atomic E-state index is 0.0744. The van der Waals surface area contributed by atoms with Crippen LogP contribution in [0.3, 0.4) is 0 Å². The molecule has 1 amide bonds. The second-order valence-electron chi connectivity index (χ2n) is 4.07. The number of Topliss-reactive ketones (excluding diaryl/α,β-unsaturated/α-hetero) is 1. The number of carbonyl (C=O) groups excluding carboxylic acids is 2. The third-order valence-electron chi connectivity index (χ3n) is 2.79. The Labute approximate surface area is 116 Å². The molecule has 0 spiro atoms. The van der Waals surface area contributed by atoms with Crippen LogP contribution in [0.25, 0.3) is 0 Å². The van der Waals surface area contributed by atoms with Crippen molar-refractivity contribution in [3.63, 3.8) is 0 Å². The number of ketones is 1. The lowest BCUT2D eigenvalue weighted by molar-refractivity contribution is -0.137. The Morgan fingerprint density at radius 1 is 1.37 bits per heavy atom. The Hall–Kier alpha value is -1.76. The fraction of sp³-hybridized carbons (Fsp3) is 0.250. The Morgan fingerprint density at radius 3 is 2.68 bits per heavy atom. The van der Waals surface area contributed by atoms with Gasteiger partial charge in [0.1, 0.15) is 5.82 Å². The van der Waals surface area contributed by atoms with Crippen LogP contribution >= 0.6 is 15.9 Å². The van der Waals surface area contributed by atoms with E-state index in [0.29, 0.717) is 0 Å². The summed E-state index contributed by atoms with van der Waals surface area (Å²) in [5, 5.41) is 8.54. The summed E-state index contributed by atoms with van der Waals surface area (Å²) in [6.07, 6.45) is 0.0811. The highest BCUT2D eigenvalue weighted by Gasteiger charge is 2.36. The van der Waals surface area contributed by atoms with Crippen LogP contribution in [0.2, 0.25) is 0 Å². The van der Waals surface area contributed by atoms with Crippen LogP contribution in [-0.2, 0) is 9.59 Å². The number of fused-ring (bicyclic) bond motifs is 1. The van der Waals surface area contributed by atoms with E-state index in [2.05, 4.69) is 15.9 Å². The van der Waals surface area contributed by atoms with E-state index < -0.39 is 23.5 Å². The standard InChI is InChI=1S/C12H9BrFNO4/c13-7-4-6-9(5-8(7)14)15(12(19)11(6)18)3-1-2-10(16)17/h4-5H,1-3H2,(H,16,17). The monoisotopic (exact) mass is 329 g/mol. The van der Waals surface area contributed by atoms with Crippen molar-refractivity contribution in [3.05, 3.63) is 28.0 Å². The smallest absolute Gasteiger partial charge is 0.303 e. The number of hydrogen-bond donors (Lipinski definition) is 1. The van der Waals surface area contributed by atoms with Crippen LogP contribution in [0.5, 0.6) is 0 Å². The first-order valence-corrected chi connectivity index (χ1v) is 6.28. The van der Waals surface area contributed by atoms with Crippen molar-refractivity contribution >= 4 is 39.3 Å². The summed E-state index contributed by atoms with van der Waals surface area (Å²) in [5.41, 5.74) is 0.328. The molecule has 1 aliphatic rings. The van der Waals surface area contributed by atoms with Gasteiger partial charge in [0.15, 0.2) is 0 Å². The summed E-state index contributed by atoms with van der Waals surface area (Å²) < 4.78 is 13.6. The van der Waals surface area contributed by atoms with Crippen molar-refractivity contribution in [1.29, 1.82) is 0 Å². The molecule has 5 nitrogen and oxygen atoms in total. The van der Waals surface area contributed by atoms with Gasteiger partial charge < -0.3 is 10.0 Å². The number of nitrogens with zero attached hydrogens (tertiary/aromatic N) is 1.